The van der Waals surface area contributed by atoms with Crippen LogP contribution in [-0.4, -0.2) is 127 Å². The third kappa shape index (κ3) is 16.8. The second-order valence-corrected chi connectivity index (χ2v) is 20.3. The number of imidazole rings is 1. The summed E-state index contributed by atoms with van der Waals surface area (Å²) in [6.07, 6.45) is 9.53. The molecule has 2 aliphatic rings. The van der Waals surface area contributed by atoms with Crippen molar-refractivity contribution in [3.05, 3.63) is 89.4 Å². The van der Waals surface area contributed by atoms with Gasteiger partial charge in [-0.15, -0.1) is 0 Å². The van der Waals surface area contributed by atoms with Gasteiger partial charge in [-0.25, -0.2) is 4.98 Å². The first-order valence-electron chi connectivity index (χ1n) is 26.0. The number of benzene rings is 1. The highest BCUT2D eigenvalue weighted by Crippen LogP contribution is 2.30. The quantitative estimate of drug-likeness (QED) is 0.0404. The molecule has 9 N–H and O–H groups in total. The summed E-state index contributed by atoms with van der Waals surface area (Å²) in [6.45, 7) is 7.72. The molecule has 1 saturated carbocycles. The van der Waals surface area contributed by atoms with Gasteiger partial charge in [-0.3, -0.25) is 33.6 Å². The van der Waals surface area contributed by atoms with Crippen LogP contribution in [0.2, 0.25) is 0 Å². The van der Waals surface area contributed by atoms with E-state index < -0.39 is 89.7 Å². The molecule has 9 unspecified atom stereocenters. The Morgan fingerprint density at radius 3 is 2.27 bits per heavy atom. The molecule has 3 aromatic rings. The Morgan fingerprint density at radius 1 is 0.918 bits per heavy atom. The number of pyridine rings is 1. The van der Waals surface area contributed by atoms with E-state index in [-0.39, 0.29) is 62.9 Å². The van der Waals surface area contributed by atoms with Crippen molar-refractivity contribution in [3.63, 3.8) is 0 Å². The molecule has 1 aliphatic carbocycles. The maximum atomic E-state index is 14.9. The van der Waals surface area contributed by atoms with Gasteiger partial charge in [-0.1, -0.05) is 96.6 Å². The first-order chi connectivity index (χ1) is 34.9. The number of aromatic amines is 1. The second-order valence-electron chi connectivity index (χ2n) is 20.3. The lowest BCUT2D eigenvalue weighted by Gasteiger charge is -2.36. The van der Waals surface area contributed by atoms with E-state index >= 15 is 0 Å². The molecule has 1 saturated heterocycles. The molecule has 2 aromatic heterocycles. The molecule has 5 rings (SSSR count). The zero-order valence-electron chi connectivity index (χ0n) is 43.0. The van der Waals surface area contributed by atoms with Crippen LogP contribution in [0.5, 0.6) is 0 Å². The Hall–Kier alpha value is -6.41. The number of rotatable bonds is 27. The van der Waals surface area contributed by atoms with E-state index in [0.29, 0.717) is 41.8 Å². The van der Waals surface area contributed by atoms with Gasteiger partial charge in [0.05, 0.1) is 18.5 Å². The predicted octanol–water partition coefficient (Wildman–Crippen LogP) is 2.65. The Morgan fingerprint density at radius 2 is 1.63 bits per heavy atom. The van der Waals surface area contributed by atoms with Crippen LogP contribution in [0.25, 0.3) is 0 Å². The first-order valence-corrected chi connectivity index (χ1v) is 26.0. The third-order valence-electron chi connectivity index (χ3n) is 14.7. The zero-order valence-corrected chi connectivity index (χ0v) is 43.0. The normalized spacial score (nSPS) is 18.3. The van der Waals surface area contributed by atoms with Crippen molar-refractivity contribution in [1.29, 1.82) is 0 Å². The number of carbonyl (C=O) groups is 7. The van der Waals surface area contributed by atoms with Crippen molar-refractivity contribution in [3.8, 4) is 0 Å². The number of carbonyl (C=O) groups excluding carboxylic acids is 6. The summed E-state index contributed by atoms with van der Waals surface area (Å²) in [5.41, 5.74) is 7.27. The van der Waals surface area contributed by atoms with Gasteiger partial charge in [0.25, 0.3) is 0 Å². The maximum Gasteiger partial charge on any atom is 0.320 e. The van der Waals surface area contributed by atoms with Crippen molar-refractivity contribution in [2.24, 2.45) is 29.4 Å². The summed E-state index contributed by atoms with van der Waals surface area (Å²) >= 11 is 0. The lowest BCUT2D eigenvalue weighted by molar-refractivity contribution is -0.614. The molecular formula is C53H78N10O10. The van der Waals surface area contributed by atoms with Gasteiger partial charge in [-0.05, 0) is 61.5 Å². The predicted molar refractivity (Wildman–Crippen MR) is 271 cm³/mol. The number of amides is 6. The number of nitrogens with one attached hydrogen (secondary N) is 5. The second kappa shape index (κ2) is 28.2. The highest BCUT2D eigenvalue weighted by atomic mass is 16.5. The molecule has 1 aliphatic heterocycles. The van der Waals surface area contributed by atoms with Crippen LogP contribution in [0.1, 0.15) is 122 Å². The molecule has 0 spiro atoms. The van der Waals surface area contributed by atoms with E-state index in [0.717, 1.165) is 37.7 Å². The Balaban J connectivity index is 1.38. The van der Waals surface area contributed by atoms with Crippen LogP contribution in [0, 0.1) is 28.9 Å². The monoisotopic (exact) mass is 1010 g/mol. The van der Waals surface area contributed by atoms with Crippen LogP contribution in [0.4, 0.5) is 0 Å². The van der Waals surface area contributed by atoms with Crippen molar-refractivity contribution < 1.29 is 48.5 Å². The molecule has 1 aromatic carbocycles. The molecule has 20 nitrogen and oxygen atoms in total. The molecule has 0 radical (unpaired) electrons. The Labute approximate surface area is 428 Å². The molecule has 400 valence electrons. The van der Waals surface area contributed by atoms with Gasteiger partial charge in [0, 0.05) is 62.8 Å². The number of H-pyrrole nitrogens is 1. The van der Waals surface area contributed by atoms with Gasteiger partial charge in [0.1, 0.15) is 36.8 Å². The van der Waals surface area contributed by atoms with Gasteiger partial charge in [0.15, 0.2) is 6.20 Å². The number of aliphatic carboxylic acids is 1. The minimum atomic E-state index is -1.24. The highest BCUT2D eigenvalue weighted by molar-refractivity contribution is 5.95. The molecule has 0 bridgehead atoms. The van der Waals surface area contributed by atoms with Crippen molar-refractivity contribution in [2.75, 3.05) is 13.6 Å². The molecular weight excluding hydrogens is 937 g/mol. The van der Waals surface area contributed by atoms with E-state index in [9.17, 15) is 49.0 Å². The van der Waals surface area contributed by atoms with Crippen molar-refractivity contribution in [2.45, 2.75) is 166 Å². The first kappa shape index (κ1) is 57.5. The van der Waals surface area contributed by atoms with E-state index in [4.69, 9.17) is 5.73 Å². The average molecular weight is 1020 g/mol. The summed E-state index contributed by atoms with van der Waals surface area (Å²) in [5.74, 6) is -5.43. The molecule has 9 atom stereocenters. The lowest BCUT2D eigenvalue weighted by atomic mass is 9.81. The Kier molecular flexibility index (Phi) is 22.2. The SMILES string of the molecule is CCC(C)C(NC(=O)C(CC(O)C(CC1CCCCC1)NC(=O)C(Cc1cnc[nH]1)N(C)C(=O)C(Cc1ccccc1)NC(=O)C1CCCN1C(=O)CCC(N)C(=O)O)C(C)C)C(=O)NCc1cccc[n+]1[O-]. The summed E-state index contributed by atoms with van der Waals surface area (Å²) in [5, 5.41) is 45.6. The van der Waals surface area contributed by atoms with Crippen LogP contribution in [-0.2, 0) is 52.9 Å². The molecule has 20 heteroatoms. The molecule has 6 amide bonds. The standard InChI is InChI=1S/C53H78N10O10/c1-6-34(4)47(51(69)56-31-38-20-13-14-25-63(38)73)60-48(66)39(33(2)3)29-45(64)41(26-35-16-9-7-10-17-35)58-50(68)44(28-37-30-55-32-57-37)61(5)52(70)42(27-36-18-11-8-12-19-36)59-49(67)43-21-15-24-62(43)46(65)23-22-40(54)53(71)72/h8,11-14,18-20,25,30,32-35,39-45,47,64H,6-7,9-10,15-17,21-24,26-29,31,54H2,1-5H3,(H,55,57)(H,56,69)(H,58,68)(H,59,67)(H,60,66)(H,71,72). The van der Waals surface area contributed by atoms with Crippen LogP contribution >= 0.6 is 0 Å². The highest BCUT2D eigenvalue weighted by Gasteiger charge is 2.40. The lowest BCUT2D eigenvalue weighted by Crippen LogP contribution is -2.59. The minimum Gasteiger partial charge on any atom is -0.618 e. The number of nitrogens with zero attached hydrogens (tertiary/aromatic N) is 4. The number of carboxylic acids is 1. The largest absolute Gasteiger partial charge is 0.618 e. The van der Waals surface area contributed by atoms with Gasteiger partial charge in [0.2, 0.25) is 41.1 Å². The smallest absolute Gasteiger partial charge is 0.320 e. The fraction of sp³-hybridized carbons (Fsp3) is 0.604. The number of aromatic nitrogens is 3. The fourth-order valence-corrected chi connectivity index (χ4v) is 9.94. The van der Waals surface area contributed by atoms with E-state index in [1.165, 1.54) is 29.4 Å². The van der Waals surface area contributed by atoms with E-state index in [1.807, 2.05) is 45.9 Å². The van der Waals surface area contributed by atoms with Crippen molar-refractivity contribution >= 4 is 41.4 Å². The number of likely N-dealkylation sites (tertiary alicyclic amines) is 1. The van der Waals surface area contributed by atoms with Crippen LogP contribution < -0.4 is 31.7 Å². The minimum absolute atomic E-state index is 0.00904. The maximum absolute atomic E-state index is 14.9. The third-order valence-corrected chi connectivity index (χ3v) is 14.7. The summed E-state index contributed by atoms with van der Waals surface area (Å²) in [6, 6.07) is 7.65. The van der Waals surface area contributed by atoms with E-state index in [1.54, 1.807) is 36.5 Å². The molecule has 3 heterocycles. The van der Waals surface area contributed by atoms with Crippen LogP contribution in [0.15, 0.2) is 67.3 Å². The fourth-order valence-electron chi connectivity index (χ4n) is 9.94. The van der Waals surface area contributed by atoms with Gasteiger partial charge < -0.3 is 57.2 Å². The summed E-state index contributed by atoms with van der Waals surface area (Å²) < 4.78 is 0.666. The van der Waals surface area contributed by atoms with Crippen LogP contribution in [0.3, 0.4) is 0 Å². The average Bonchev–Trinajstić information content (AvgIpc) is 4.10. The number of hydrogen-bond acceptors (Lipinski definition) is 11. The number of likely N-dealkylation sites (N-methyl/N-ethyl adjacent to an activating group) is 1. The number of hydrogen-bond donors (Lipinski definition) is 8. The number of aliphatic hydroxyl groups excluding tert-OH is 1. The Bertz CT molecular complexity index is 2280. The topological polar surface area (TPSA) is 296 Å². The molecule has 2 fully saturated rings. The summed E-state index contributed by atoms with van der Waals surface area (Å²) in [4.78, 5) is 106. The van der Waals surface area contributed by atoms with Gasteiger partial charge >= 0.3 is 5.97 Å². The number of nitrogens with two attached hydrogens (primary N) is 1. The summed E-state index contributed by atoms with van der Waals surface area (Å²) in [7, 11) is 1.48. The van der Waals surface area contributed by atoms with Gasteiger partial charge in [-0.2, -0.15) is 4.73 Å². The number of aliphatic hydroxyl groups is 1. The number of carboxylic acid groups (broad SMARTS) is 1. The zero-order chi connectivity index (χ0) is 53.2. The van der Waals surface area contributed by atoms with E-state index in [2.05, 4.69) is 31.2 Å². The van der Waals surface area contributed by atoms with Crippen molar-refractivity contribution in [1.82, 2.24) is 41.0 Å². The molecule has 73 heavy (non-hydrogen) atoms.